The van der Waals surface area contributed by atoms with Crippen molar-refractivity contribution in [1.29, 1.82) is 0 Å². The zero-order valence-electron chi connectivity index (χ0n) is 18.4. The van der Waals surface area contributed by atoms with Crippen LogP contribution in [0, 0.1) is 0 Å². The highest BCUT2D eigenvalue weighted by atomic mass is 19.4. The van der Waals surface area contributed by atoms with Crippen molar-refractivity contribution < 1.29 is 41.9 Å². The Balaban J connectivity index is 1.61. The SMILES string of the molecule is COc1cc2nc(Nc3ccc(C(=O)ON4C(=O)CCC4=O)cc3)cc(C(F)(F)F)c2cc1OC. The maximum atomic E-state index is 13.8. The van der Waals surface area contributed by atoms with Gasteiger partial charge in [0.1, 0.15) is 5.82 Å². The van der Waals surface area contributed by atoms with Gasteiger partial charge in [0.15, 0.2) is 11.5 Å². The summed E-state index contributed by atoms with van der Waals surface area (Å²) in [4.78, 5) is 44.5. The average molecular weight is 489 g/mol. The molecule has 4 rings (SSSR count). The van der Waals surface area contributed by atoms with E-state index in [9.17, 15) is 27.6 Å². The number of ether oxygens (including phenoxy) is 2. The second-order valence-corrected chi connectivity index (χ2v) is 7.44. The van der Waals surface area contributed by atoms with Gasteiger partial charge in [-0.1, -0.05) is 0 Å². The summed E-state index contributed by atoms with van der Waals surface area (Å²) in [5.74, 6) is -1.90. The maximum Gasteiger partial charge on any atom is 0.417 e. The highest BCUT2D eigenvalue weighted by Crippen LogP contribution is 2.40. The Morgan fingerprint density at radius 3 is 2.14 bits per heavy atom. The van der Waals surface area contributed by atoms with Gasteiger partial charge in [-0.15, -0.1) is 5.06 Å². The number of aromatic nitrogens is 1. The van der Waals surface area contributed by atoms with Crippen molar-refractivity contribution in [3.05, 3.63) is 53.6 Å². The fourth-order valence-electron chi connectivity index (χ4n) is 3.48. The number of benzene rings is 2. The highest BCUT2D eigenvalue weighted by Gasteiger charge is 2.35. The number of halogens is 3. The van der Waals surface area contributed by atoms with Crippen LogP contribution in [0.1, 0.15) is 28.8 Å². The van der Waals surface area contributed by atoms with Crippen LogP contribution in [0.25, 0.3) is 10.9 Å². The molecule has 1 aromatic heterocycles. The monoisotopic (exact) mass is 489 g/mol. The fraction of sp³-hybridized carbons (Fsp3) is 0.217. The molecule has 1 N–H and O–H groups in total. The summed E-state index contributed by atoms with van der Waals surface area (Å²) in [7, 11) is 2.68. The van der Waals surface area contributed by atoms with Crippen LogP contribution in [-0.4, -0.2) is 42.1 Å². The molecule has 1 fully saturated rings. The normalized spacial score (nSPS) is 13.8. The number of imide groups is 1. The smallest absolute Gasteiger partial charge is 0.417 e. The highest BCUT2D eigenvalue weighted by molar-refractivity contribution is 6.02. The summed E-state index contributed by atoms with van der Waals surface area (Å²) in [6.07, 6.45) is -4.74. The van der Waals surface area contributed by atoms with E-state index in [4.69, 9.17) is 14.3 Å². The van der Waals surface area contributed by atoms with Crippen LogP contribution in [0.3, 0.4) is 0 Å². The van der Waals surface area contributed by atoms with Gasteiger partial charge in [-0.25, -0.2) is 9.78 Å². The van der Waals surface area contributed by atoms with Crippen molar-refractivity contribution in [2.45, 2.75) is 19.0 Å². The second kappa shape index (κ2) is 9.12. The molecule has 0 atom stereocenters. The molecule has 9 nitrogen and oxygen atoms in total. The molecule has 182 valence electrons. The van der Waals surface area contributed by atoms with E-state index in [-0.39, 0.29) is 46.6 Å². The van der Waals surface area contributed by atoms with Gasteiger partial charge in [-0.05, 0) is 36.4 Å². The van der Waals surface area contributed by atoms with Crippen LogP contribution >= 0.6 is 0 Å². The molecule has 0 unspecified atom stereocenters. The first-order valence-electron chi connectivity index (χ1n) is 10.2. The zero-order chi connectivity index (χ0) is 25.3. The van der Waals surface area contributed by atoms with E-state index in [0.717, 1.165) is 6.07 Å². The van der Waals surface area contributed by atoms with Gasteiger partial charge < -0.3 is 19.6 Å². The molecule has 2 aromatic carbocycles. The van der Waals surface area contributed by atoms with Gasteiger partial charge in [0.2, 0.25) is 0 Å². The molecule has 1 saturated heterocycles. The Morgan fingerprint density at radius 2 is 1.57 bits per heavy atom. The molecule has 1 aliphatic rings. The lowest BCUT2D eigenvalue weighted by atomic mass is 10.1. The molecule has 1 aliphatic heterocycles. The Kier molecular flexibility index (Phi) is 6.20. The number of hydrogen-bond donors (Lipinski definition) is 1. The first-order valence-corrected chi connectivity index (χ1v) is 10.2. The Hall–Kier alpha value is -4.35. The third-order valence-electron chi connectivity index (χ3n) is 5.19. The second-order valence-electron chi connectivity index (χ2n) is 7.44. The van der Waals surface area contributed by atoms with Crippen molar-refractivity contribution in [3.63, 3.8) is 0 Å². The summed E-state index contributed by atoms with van der Waals surface area (Å²) < 4.78 is 51.6. The van der Waals surface area contributed by atoms with E-state index in [2.05, 4.69) is 10.3 Å². The van der Waals surface area contributed by atoms with Crippen LogP contribution in [0.5, 0.6) is 11.5 Å². The van der Waals surface area contributed by atoms with E-state index >= 15 is 0 Å². The number of nitrogens with zero attached hydrogens (tertiary/aromatic N) is 2. The van der Waals surface area contributed by atoms with Gasteiger partial charge in [0.05, 0.1) is 30.9 Å². The largest absolute Gasteiger partial charge is 0.493 e. The Morgan fingerprint density at radius 1 is 0.971 bits per heavy atom. The van der Waals surface area contributed by atoms with Crippen molar-refractivity contribution in [2.24, 2.45) is 0 Å². The summed E-state index contributed by atoms with van der Waals surface area (Å²) in [5.41, 5.74) is -0.538. The van der Waals surface area contributed by atoms with Crippen molar-refractivity contribution >= 4 is 40.2 Å². The van der Waals surface area contributed by atoms with Crippen molar-refractivity contribution in [2.75, 3.05) is 19.5 Å². The molecule has 35 heavy (non-hydrogen) atoms. The standard InChI is InChI=1S/C23H18F3N3O6/c1-33-17-9-14-15(23(24,25)26)10-19(28-16(14)11-18(17)34-2)27-13-5-3-12(4-6-13)22(32)35-29-20(30)7-8-21(29)31/h3-6,9-11H,7-8H2,1-2H3,(H,27,28). The van der Waals surface area contributed by atoms with Crippen LogP contribution in [0.15, 0.2) is 42.5 Å². The molecular weight excluding hydrogens is 471 g/mol. The quantitative estimate of drug-likeness (QED) is 0.513. The summed E-state index contributed by atoms with van der Waals surface area (Å²) in [6, 6.07) is 8.90. The zero-order valence-corrected chi connectivity index (χ0v) is 18.4. The first kappa shape index (κ1) is 23.8. The van der Waals surface area contributed by atoms with Gasteiger partial charge in [0, 0.05) is 30.0 Å². The predicted molar refractivity (Wildman–Crippen MR) is 116 cm³/mol. The number of anilines is 2. The number of pyridine rings is 1. The topological polar surface area (TPSA) is 107 Å². The van der Waals surface area contributed by atoms with Gasteiger partial charge >= 0.3 is 12.1 Å². The van der Waals surface area contributed by atoms with Crippen LogP contribution < -0.4 is 14.8 Å². The Labute approximate surface area is 196 Å². The summed E-state index contributed by atoms with van der Waals surface area (Å²) in [5, 5.41) is 3.04. The molecule has 0 saturated carbocycles. The van der Waals surface area contributed by atoms with Crippen molar-refractivity contribution in [1.82, 2.24) is 10.0 Å². The average Bonchev–Trinajstić information content (AvgIpc) is 3.14. The third kappa shape index (κ3) is 4.81. The number of alkyl halides is 3. The number of rotatable bonds is 6. The molecule has 3 aromatic rings. The molecule has 12 heteroatoms. The number of hydrogen-bond acceptors (Lipinski definition) is 8. The van der Waals surface area contributed by atoms with Crippen LogP contribution in [0.4, 0.5) is 24.7 Å². The summed E-state index contributed by atoms with van der Waals surface area (Å²) in [6.45, 7) is 0. The minimum absolute atomic E-state index is 0.0279. The molecule has 2 heterocycles. The number of methoxy groups -OCH3 is 2. The fourth-order valence-corrected chi connectivity index (χ4v) is 3.48. The number of carbonyl (C=O) groups excluding carboxylic acids is 3. The molecule has 0 spiro atoms. The molecule has 0 aliphatic carbocycles. The van der Waals surface area contributed by atoms with Gasteiger partial charge in [-0.3, -0.25) is 9.59 Å². The lowest BCUT2D eigenvalue weighted by molar-refractivity contribution is -0.172. The molecule has 2 amide bonds. The Bertz CT molecular complexity index is 1310. The maximum absolute atomic E-state index is 13.8. The molecule has 0 radical (unpaired) electrons. The van der Waals surface area contributed by atoms with Crippen LogP contribution in [-0.2, 0) is 20.6 Å². The number of fused-ring (bicyclic) bond motifs is 1. The van der Waals surface area contributed by atoms with Crippen LogP contribution in [0.2, 0.25) is 0 Å². The van der Waals surface area contributed by atoms with Crippen molar-refractivity contribution in [3.8, 4) is 11.5 Å². The first-order chi connectivity index (χ1) is 16.6. The predicted octanol–water partition coefficient (Wildman–Crippen LogP) is 4.24. The van der Waals surface area contributed by atoms with Gasteiger partial charge in [0.25, 0.3) is 11.8 Å². The van der Waals surface area contributed by atoms with E-state index in [1.807, 2.05) is 0 Å². The summed E-state index contributed by atoms with van der Waals surface area (Å²) >= 11 is 0. The number of amides is 2. The van der Waals surface area contributed by atoms with E-state index < -0.39 is 29.5 Å². The number of carbonyl (C=O) groups is 3. The van der Waals surface area contributed by atoms with Gasteiger partial charge in [-0.2, -0.15) is 13.2 Å². The van der Waals surface area contributed by atoms with E-state index in [1.54, 1.807) is 0 Å². The third-order valence-corrected chi connectivity index (χ3v) is 5.19. The molecule has 0 bridgehead atoms. The number of hydroxylamine groups is 2. The minimum atomic E-state index is -4.67. The minimum Gasteiger partial charge on any atom is -0.493 e. The molecular formula is C23H18F3N3O6. The lowest BCUT2D eigenvalue weighted by Gasteiger charge is -2.16. The van der Waals surface area contributed by atoms with E-state index in [1.165, 1.54) is 50.6 Å². The lowest BCUT2D eigenvalue weighted by Crippen LogP contribution is -2.32. The number of nitrogens with one attached hydrogen (secondary N) is 1. The van der Waals surface area contributed by atoms with E-state index in [0.29, 0.717) is 10.8 Å².